The molecule has 0 aromatic carbocycles. The van der Waals surface area contributed by atoms with Crippen molar-refractivity contribution in [3.8, 4) is 5.88 Å². The van der Waals surface area contributed by atoms with Crippen LogP contribution in [0, 0.1) is 0 Å². The predicted molar refractivity (Wildman–Crippen MR) is 103 cm³/mol. The second kappa shape index (κ2) is 9.34. The van der Waals surface area contributed by atoms with Gasteiger partial charge in [0, 0.05) is 18.7 Å². The zero-order valence-electron chi connectivity index (χ0n) is 16.5. The molecule has 2 N–H and O–H groups in total. The van der Waals surface area contributed by atoms with Gasteiger partial charge in [-0.05, 0) is 6.07 Å². The van der Waals surface area contributed by atoms with Crippen molar-refractivity contribution in [1.82, 2.24) is 20.6 Å². The van der Waals surface area contributed by atoms with Gasteiger partial charge in [-0.1, -0.05) is 32.4 Å². The largest absolute Gasteiger partial charge is 0.475 e. The Morgan fingerprint density at radius 1 is 1.21 bits per heavy atom. The van der Waals surface area contributed by atoms with Crippen LogP contribution in [0.15, 0.2) is 27.9 Å². The molecule has 0 aliphatic carbocycles. The Labute approximate surface area is 171 Å². The Hall–Kier alpha value is -2.49. The second-order valence-corrected chi connectivity index (χ2v) is 7.49. The standard InChI is InChI=1S/C18H23ClF3N5O2/c1-17(2,3)13-9-25-14(29-13)10-27-16(23-4)24-5-6-28-15-12(19)7-11(8-26-15)18(20,21)22/h7-9H,5-6,10H2,1-4H3,(H2,23,24,27). The van der Waals surface area contributed by atoms with Crippen molar-refractivity contribution in [2.45, 2.75) is 38.9 Å². The Morgan fingerprint density at radius 2 is 1.93 bits per heavy atom. The van der Waals surface area contributed by atoms with E-state index in [1.165, 1.54) is 0 Å². The van der Waals surface area contributed by atoms with E-state index in [2.05, 4.69) is 25.6 Å². The lowest BCUT2D eigenvalue weighted by Gasteiger charge is -2.14. The third-order valence-corrected chi connectivity index (χ3v) is 3.96. The molecule has 29 heavy (non-hydrogen) atoms. The van der Waals surface area contributed by atoms with E-state index < -0.39 is 11.7 Å². The molecule has 0 aliphatic heterocycles. The predicted octanol–water partition coefficient (Wildman–Crippen LogP) is 3.78. The fourth-order valence-corrected chi connectivity index (χ4v) is 2.34. The molecule has 2 rings (SSSR count). The van der Waals surface area contributed by atoms with Crippen molar-refractivity contribution < 1.29 is 22.3 Å². The van der Waals surface area contributed by atoms with E-state index in [-0.39, 0.29) is 22.9 Å². The summed E-state index contributed by atoms with van der Waals surface area (Å²) >= 11 is 5.79. The van der Waals surface area contributed by atoms with Gasteiger partial charge in [-0.25, -0.2) is 9.97 Å². The van der Waals surface area contributed by atoms with Crippen molar-refractivity contribution in [3.05, 3.63) is 40.7 Å². The number of nitrogens with zero attached hydrogens (tertiary/aromatic N) is 3. The Balaban J connectivity index is 1.78. The molecule has 0 saturated carbocycles. The third kappa shape index (κ3) is 6.81. The first kappa shape index (κ1) is 22.8. The number of ether oxygens (including phenoxy) is 1. The maximum atomic E-state index is 12.6. The highest BCUT2D eigenvalue weighted by molar-refractivity contribution is 6.31. The first-order chi connectivity index (χ1) is 13.5. The molecule has 0 fully saturated rings. The molecule has 0 amide bonds. The van der Waals surface area contributed by atoms with E-state index in [0.717, 1.165) is 11.8 Å². The molecule has 2 aromatic rings. The van der Waals surface area contributed by atoms with Gasteiger partial charge in [0.25, 0.3) is 0 Å². The molecule has 7 nitrogen and oxygen atoms in total. The molecule has 0 radical (unpaired) electrons. The first-order valence-corrected chi connectivity index (χ1v) is 9.13. The molecular weight excluding hydrogens is 411 g/mol. The summed E-state index contributed by atoms with van der Waals surface area (Å²) in [7, 11) is 1.60. The zero-order valence-corrected chi connectivity index (χ0v) is 17.3. The van der Waals surface area contributed by atoms with Gasteiger partial charge in [0.05, 0.1) is 24.8 Å². The van der Waals surface area contributed by atoms with Crippen molar-refractivity contribution in [2.24, 2.45) is 4.99 Å². The van der Waals surface area contributed by atoms with Gasteiger partial charge in [0.1, 0.15) is 17.4 Å². The van der Waals surface area contributed by atoms with Gasteiger partial charge in [-0.3, -0.25) is 4.99 Å². The van der Waals surface area contributed by atoms with Crippen LogP contribution in [0.3, 0.4) is 0 Å². The summed E-state index contributed by atoms with van der Waals surface area (Å²) in [5.41, 5.74) is -1.06. The summed E-state index contributed by atoms with van der Waals surface area (Å²) < 4.78 is 48.8. The lowest BCUT2D eigenvalue weighted by molar-refractivity contribution is -0.137. The van der Waals surface area contributed by atoms with Crippen molar-refractivity contribution >= 4 is 17.6 Å². The highest BCUT2D eigenvalue weighted by Crippen LogP contribution is 2.33. The van der Waals surface area contributed by atoms with Crippen LogP contribution in [-0.2, 0) is 18.1 Å². The molecule has 0 bridgehead atoms. The molecule has 0 saturated heterocycles. The monoisotopic (exact) mass is 433 g/mol. The Morgan fingerprint density at radius 3 is 2.48 bits per heavy atom. The van der Waals surface area contributed by atoms with Crippen LogP contribution >= 0.6 is 11.6 Å². The fourth-order valence-electron chi connectivity index (χ4n) is 2.12. The van der Waals surface area contributed by atoms with E-state index in [4.69, 9.17) is 20.8 Å². The lowest BCUT2D eigenvalue weighted by Crippen LogP contribution is -2.39. The number of pyridine rings is 1. The molecule has 0 unspecified atom stereocenters. The van der Waals surface area contributed by atoms with E-state index in [1.807, 2.05) is 20.8 Å². The number of hydrogen-bond acceptors (Lipinski definition) is 5. The average Bonchev–Trinajstić information content (AvgIpc) is 3.10. The highest BCUT2D eigenvalue weighted by Gasteiger charge is 2.31. The number of rotatable bonds is 6. The molecule has 11 heteroatoms. The molecule has 0 aliphatic rings. The van der Waals surface area contributed by atoms with Crippen LogP contribution in [0.25, 0.3) is 0 Å². The van der Waals surface area contributed by atoms with E-state index in [1.54, 1.807) is 13.2 Å². The number of nitrogens with one attached hydrogen (secondary N) is 2. The molecule has 0 spiro atoms. The van der Waals surface area contributed by atoms with Gasteiger partial charge >= 0.3 is 6.18 Å². The maximum absolute atomic E-state index is 12.6. The van der Waals surface area contributed by atoms with Gasteiger partial charge in [0.2, 0.25) is 11.8 Å². The van der Waals surface area contributed by atoms with Crippen molar-refractivity contribution in [1.29, 1.82) is 0 Å². The molecule has 2 heterocycles. The second-order valence-electron chi connectivity index (χ2n) is 7.08. The fraction of sp³-hybridized carbons (Fsp3) is 0.500. The summed E-state index contributed by atoms with van der Waals surface area (Å²) in [6, 6.07) is 0.778. The maximum Gasteiger partial charge on any atom is 0.417 e. The van der Waals surface area contributed by atoms with Crippen LogP contribution in [0.2, 0.25) is 5.02 Å². The summed E-state index contributed by atoms with van der Waals surface area (Å²) in [5.74, 6) is 1.72. The Bertz CT molecular complexity index is 847. The van der Waals surface area contributed by atoms with Crippen molar-refractivity contribution in [3.63, 3.8) is 0 Å². The molecule has 160 valence electrons. The number of oxazole rings is 1. The third-order valence-electron chi connectivity index (χ3n) is 3.69. The minimum atomic E-state index is -4.51. The number of hydrogen-bond donors (Lipinski definition) is 2. The van der Waals surface area contributed by atoms with Crippen LogP contribution in [0.5, 0.6) is 5.88 Å². The quantitative estimate of drug-likeness (QED) is 0.409. The van der Waals surface area contributed by atoms with E-state index in [9.17, 15) is 13.2 Å². The molecular formula is C18H23ClF3N5O2. The summed E-state index contributed by atoms with van der Waals surface area (Å²) in [5, 5.41) is 5.83. The number of guanidine groups is 1. The van der Waals surface area contributed by atoms with Crippen molar-refractivity contribution in [2.75, 3.05) is 20.2 Å². The summed E-state index contributed by atoms with van der Waals surface area (Å²) in [6.45, 7) is 6.86. The number of aromatic nitrogens is 2. The first-order valence-electron chi connectivity index (χ1n) is 8.76. The van der Waals surface area contributed by atoms with E-state index in [0.29, 0.717) is 31.1 Å². The van der Waals surface area contributed by atoms with Gasteiger partial charge in [-0.15, -0.1) is 0 Å². The minimum Gasteiger partial charge on any atom is -0.475 e. The molecule has 2 aromatic heterocycles. The minimum absolute atomic E-state index is 0.0705. The van der Waals surface area contributed by atoms with Crippen LogP contribution in [0.1, 0.15) is 38.0 Å². The van der Waals surface area contributed by atoms with Gasteiger partial charge in [-0.2, -0.15) is 13.2 Å². The van der Waals surface area contributed by atoms with Crippen LogP contribution in [0.4, 0.5) is 13.2 Å². The average molecular weight is 434 g/mol. The van der Waals surface area contributed by atoms with Crippen LogP contribution in [-0.4, -0.2) is 36.1 Å². The highest BCUT2D eigenvalue weighted by atomic mass is 35.5. The summed E-state index contributed by atoms with van der Waals surface area (Å²) in [6.07, 6.45) is -2.13. The van der Waals surface area contributed by atoms with E-state index >= 15 is 0 Å². The number of aliphatic imine (C=N–C) groups is 1. The zero-order chi connectivity index (χ0) is 21.7. The normalized spacial score (nSPS) is 12.8. The SMILES string of the molecule is CN=C(NCCOc1ncc(C(F)(F)F)cc1Cl)NCc1ncc(C(C)(C)C)o1. The summed E-state index contributed by atoms with van der Waals surface area (Å²) in [4.78, 5) is 11.9. The van der Waals surface area contributed by atoms with Gasteiger partial charge in [0.15, 0.2) is 5.96 Å². The van der Waals surface area contributed by atoms with Crippen LogP contribution < -0.4 is 15.4 Å². The smallest absolute Gasteiger partial charge is 0.417 e. The number of alkyl halides is 3. The number of halogens is 4. The Kier molecular flexibility index (Phi) is 7.34. The lowest BCUT2D eigenvalue weighted by atomic mass is 9.94. The molecule has 0 atom stereocenters. The van der Waals surface area contributed by atoms with Gasteiger partial charge < -0.3 is 19.8 Å². The topological polar surface area (TPSA) is 84.6 Å².